The van der Waals surface area contributed by atoms with Crippen molar-refractivity contribution in [2.75, 3.05) is 32.7 Å². The summed E-state index contributed by atoms with van der Waals surface area (Å²) in [6.07, 6.45) is 0.760. The highest BCUT2D eigenvalue weighted by molar-refractivity contribution is 7.89. The molecule has 0 unspecified atom stereocenters. The van der Waals surface area contributed by atoms with Crippen molar-refractivity contribution in [2.45, 2.75) is 28.7 Å². The molecule has 2 fully saturated rings. The SMILES string of the molecule is NC(=O)C1CCN(C(=O)[C@H]2CN(S(=O)(=O)c3ccccc3)CCN2S(=O)(=O)c2ccccc2)CC1. The molecule has 12 heteroatoms. The number of rotatable bonds is 6. The minimum Gasteiger partial charge on any atom is -0.369 e. The molecule has 0 bridgehead atoms. The largest absolute Gasteiger partial charge is 0.369 e. The van der Waals surface area contributed by atoms with E-state index in [1.807, 2.05) is 0 Å². The molecule has 188 valence electrons. The van der Waals surface area contributed by atoms with Gasteiger partial charge in [-0.2, -0.15) is 8.61 Å². The van der Waals surface area contributed by atoms with Crippen molar-refractivity contribution in [3.63, 3.8) is 0 Å². The van der Waals surface area contributed by atoms with Crippen molar-refractivity contribution in [3.8, 4) is 0 Å². The summed E-state index contributed by atoms with van der Waals surface area (Å²) in [5, 5.41) is 0. The summed E-state index contributed by atoms with van der Waals surface area (Å²) in [6.45, 7) is -0.0760. The zero-order chi connectivity index (χ0) is 25.2. The maximum Gasteiger partial charge on any atom is 0.243 e. The first-order valence-electron chi connectivity index (χ1n) is 11.3. The van der Waals surface area contributed by atoms with Gasteiger partial charge >= 0.3 is 0 Å². The van der Waals surface area contributed by atoms with Gasteiger partial charge in [-0.05, 0) is 37.1 Å². The van der Waals surface area contributed by atoms with Crippen LogP contribution in [0.25, 0.3) is 0 Å². The van der Waals surface area contributed by atoms with E-state index in [0.717, 1.165) is 8.61 Å². The molecule has 10 nitrogen and oxygen atoms in total. The minimum absolute atomic E-state index is 0.0320. The lowest BCUT2D eigenvalue weighted by Crippen LogP contribution is -2.62. The number of primary amides is 1. The predicted molar refractivity (Wildman–Crippen MR) is 128 cm³/mol. The summed E-state index contributed by atoms with van der Waals surface area (Å²) in [5.41, 5.74) is 5.39. The molecule has 0 aromatic heterocycles. The first-order valence-corrected chi connectivity index (χ1v) is 14.2. The maximum absolute atomic E-state index is 13.6. The van der Waals surface area contributed by atoms with Gasteiger partial charge in [-0.3, -0.25) is 9.59 Å². The number of nitrogens with zero attached hydrogens (tertiary/aromatic N) is 3. The van der Waals surface area contributed by atoms with Gasteiger partial charge in [0.25, 0.3) is 0 Å². The molecular weight excluding hydrogens is 492 g/mol. The van der Waals surface area contributed by atoms with Crippen LogP contribution in [0.5, 0.6) is 0 Å². The van der Waals surface area contributed by atoms with Gasteiger partial charge in [0.1, 0.15) is 6.04 Å². The third kappa shape index (κ3) is 5.10. The Kier molecular flexibility index (Phi) is 7.27. The van der Waals surface area contributed by atoms with Crippen LogP contribution < -0.4 is 5.73 Å². The van der Waals surface area contributed by atoms with Gasteiger partial charge in [-0.15, -0.1) is 0 Å². The summed E-state index contributed by atoms with van der Waals surface area (Å²) in [7, 11) is -8.00. The summed E-state index contributed by atoms with van der Waals surface area (Å²) in [5.74, 6) is -1.26. The van der Waals surface area contributed by atoms with Crippen LogP contribution in [-0.2, 0) is 29.6 Å². The fourth-order valence-electron chi connectivity index (χ4n) is 4.51. The Morgan fingerprint density at radius 2 is 1.26 bits per heavy atom. The highest BCUT2D eigenvalue weighted by Crippen LogP contribution is 2.27. The second kappa shape index (κ2) is 10.1. The number of piperidine rings is 1. The van der Waals surface area contributed by atoms with Crippen LogP contribution in [0.15, 0.2) is 70.5 Å². The molecular formula is C23H28N4O6S2. The Balaban J connectivity index is 1.65. The van der Waals surface area contributed by atoms with Gasteiger partial charge in [0, 0.05) is 38.6 Å². The summed E-state index contributed by atoms with van der Waals surface area (Å²) >= 11 is 0. The molecule has 2 aromatic carbocycles. The normalized spacial score (nSPS) is 21.0. The van der Waals surface area contributed by atoms with Gasteiger partial charge < -0.3 is 10.6 Å². The molecule has 2 aliphatic heterocycles. The molecule has 0 aliphatic carbocycles. The van der Waals surface area contributed by atoms with Crippen LogP contribution in [0.1, 0.15) is 12.8 Å². The summed E-state index contributed by atoms with van der Waals surface area (Å²) < 4.78 is 55.7. The van der Waals surface area contributed by atoms with Crippen LogP contribution in [0, 0.1) is 5.92 Å². The van der Waals surface area contributed by atoms with Crippen molar-refractivity contribution >= 4 is 31.9 Å². The average Bonchev–Trinajstić information content (AvgIpc) is 2.89. The lowest BCUT2D eigenvalue weighted by molar-refractivity contribution is -0.139. The van der Waals surface area contributed by atoms with Gasteiger partial charge in [0.2, 0.25) is 31.9 Å². The van der Waals surface area contributed by atoms with Crippen molar-refractivity contribution in [2.24, 2.45) is 11.7 Å². The van der Waals surface area contributed by atoms with E-state index in [9.17, 15) is 26.4 Å². The zero-order valence-corrected chi connectivity index (χ0v) is 20.7. The van der Waals surface area contributed by atoms with Crippen LogP contribution in [-0.4, -0.2) is 80.9 Å². The van der Waals surface area contributed by atoms with Crippen LogP contribution in [0.3, 0.4) is 0 Å². The molecule has 2 heterocycles. The van der Waals surface area contributed by atoms with Gasteiger partial charge in [-0.25, -0.2) is 16.8 Å². The average molecular weight is 521 g/mol. The molecule has 2 aliphatic rings. The predicted octanol–water partition coefficient (Wildman–Crippen LogP) is 0.474. The topological polar surface area (TPSA) is 138 Å². The van der Waals surface area contributed by atoms with Crippen molar-refractivity contribution < 1.29 is 26.4 Å². The van der Waals surface area contributed by atoms with Crippen LogP contribution in [0.2, 0.25) is 0 Å². The minimum atomic E-state index is -4.06. The molecule has 35 heavy (non-hydrogen) atoms. The lowest BCUT2D eigenvalue weighted by atomic mass is 9.96. The standard InChI is InChI=1S/C23H28N4O6S2/c24-22(28)18-11-13-25(14-12-18)23(29)21-17-26(34(30,31)19-7-3-1-4-8-19)15-16-27(21)35(32,33)20-9-5-2-6-10-20/h1-10,18,21H,11-17H2,(H2,24,28)/t21-/m1/s1. The Labute approximate surface area is 205 Å². The monoisotopic (exact) mass is 520 g/mol. The van der Waals surface area contributed by atoms with E-state index in [4.69, 9.17) is 5.73 Å². The Morgan fingerprint density at radius 1 is 0.743 bits per heavy atom. The van der Waals surface area contributed by atoms with E-state index in [2.05, 4.69) is 0 Å². The van der Waals surface area contributed by atoms with Crippen molar-refractivity contribution in [1.29, 1.82) is 0 Å². The van der Waals surface area contributed by atoms with E-state index in [1.54, 1.807) is 36.4 Å². The molecule has 2 saturated heterocycles. The number of hydrogen-bond donors (Lipinski definition) is 1. The number of benzene rings is 2. The van der Waals surface area contributed by atoms with Gasteiger partial charge in [-0.1, -0.05) is 36.4 Å². The second-order valence-corrected chi connectivity index (χ2v) is 12.5. The van der Waals surface area contributed by atoms with Gasteiger partial charge in [0.15, 0.2) is 0 Å². The fraction of sp³-hybridized carbons (Fsp3) is 0.391. The van der Waals surface area contributed by atoms with E-state index in [-0.39, 0.29) is 48.4 Å². The van der Waals surface area contributed by atoms with E-state index in [1.165, 1.54) is 29.2 Å². The zero-order valence-electron chi connectivity index (χ0n) is 19.1. The highest BCUT2D eigenvalue weighted by Gasteiger charge is 2.45. The number of likely N-dealkylation sites (tertiary alicyclic amines) is 1. The molecule has 0 radical (unpaired) electrons. The molecule has 1 atom stereocenters. The third-order valence-electron chi connectivity index (χ3n) is 6.52. The van der Waals surface area contributed by atoms with E-state index >= 15 is 0 Å². The Hall–Kier alpha value is -2.80. The Bertz CT molecular complexity index is 1280. The second-order valence-electron chi connectivity index (χ2n) is 8.62. The van der Waals surface area contributed by atoms with Crippen LogP contribution in [0.4, 0.5) is 0 Å². The van der Waals surface area contributed by atoms with E-state index < -0.39 is 37.9 Å². The maximum atomic E-state index is 13.6. The number of nitrogens with two attached hydrogens (primary N) is 1. The molecule has 2 N–H and O–H groups in total. The summed E-state index contributed by atoms with van der Waals surface area (Å²) in [6, 6.07) is 14.4. The highest BCUT2D eigenvalue weighted by atomic mass is 32.2. The lowest BCUT2D eigenvalue weighted by Gasteiger charge is -2.42. The first kappa shape index (κ1) is 25.3. The number of carbonyl (C=O) groups excluding carboxylic acids is 2. The first-order chi connectivity index (χ1) is 16.6. The summed E-state index contributed by atoms with van der Waals surface area (Å²) in [4.78, 5) is 26.7. The van der Waals surface area contributed by atoms with Crippen molar-refractivity contribution in [3.05, 3.63) is 60.7 Å². The molecule has 0 saturated carbocycles. The number of sulfonamides is 2. The van der Waals surface area contributed by atoms with Gasteiger partial charge in [0.05, 0.1) is 9.79 Å². The smallest absolute Gasteiger partial charge is 0.243 e. The quantitative estimate of drug-likeness (QED) is 0.588. The number of carbonyl (C=O) groups is 2. The number of hydrogen-bond acceptors (Lipinski definition) is 6. The third-order valence-corrected chi connectivity index (χ3v) is 10.3. The van der Waals surface area contributed by atoms with Crippen molar-refractivity contribution in [1.82, 2.24) is 13.5 Å². The van der Waals surface area contributed by atoms with Crippen LogP contribution >= 0.6 is 0 Å². The molecule has 2 amide bonds. The molecule has 4 rings (SSSR count). The molecule has 0 spiro atoms. The number of amides is 2. The Morgan fingerprint density at radius 3 is 1.77 bits per heavy atom. The molecule has 2 aromatic rings. The number of piperazine rings is 1. The fourth-order valence-corrected chi connectivity index (χ4v) is 7.56. The van der Waals surface area contributed by atoms with E-state index in [0.29, 0.717) is 12.8 Å².